The molecule has 0 N–H and O–H groups in total. The predicted octanol–water partition coefficient (Wildman–Crippen LogP) is 7.21. The van der Waals surface area contributed by atoms with Crippen LogP contribution in [0.2, 0.25) is 0 Å². The lowest BCUT2D eigenvalue weighted by Gasteiger charge is -2.25. The van der Waals surface area contributed by atoms with Crippen molar-refractivity contribution in [2.24, 2.45) is 0 Å². The summed E-state index contributed by atoms with van der Waals surface area (Å²) >= 11 is 12.0. The van der Waals surface area contributed by atoms with E-state index in [0.717, 1.165) is 14.7 Å². The van der Waals surface area contributed by atoms with Gasteiger partial charge in [-0.1, -0.05) is 101 Å². The molecule has 0 aromatic heterocycles. The molecular formula is C19H15ClS3. The maximum Gasteiger partial charge on any atom is 0.194 e. The lowest BCUT2D eigenvalue weighted by atomic mass is 10.4. The molecule has 116 valence electrons. The number of hydrogen-bond acceptors (Lipinski definition) is 3. The molecule has 0 saturated heterocycles. The van der Waals surface area contributed by atoms with Crippen LogP contribution < -0.4 is 0 Å². The van der Waals surface area contributed by atoms with Gasteiger partial charge in [0.1, 0.15) is 0 Å². The first kappa shape index (κ1) is 16.8. The summed E-state index contributed by atoms with van der Waals surface area (Å²) < 4.78 is -0.565. The van der Waals surface area contributed by atoms with Gasteiger partial charge in [0.25, 0.3) is 0 Å². The largest absolute Gasteiger partial charge is 0.194 e. The van der Waals surface area contributed by atoms with Crippen molar-refractivity contribution in [3.63, 3.8) is 0 Å². The Labute approximate surface area is 155 Å². The van der Waals surface area contributed by atoms with Gasteiger partial charge in [0.15, 0.2) is 2.87 Å². The van der Waals surface area contributed by atoms with E-state index in [1.54, 1.807) is 35.3 Å². The maximum atomic E-state index is 7.03. The molecule has 0 fully saturated rings. The van der Waals surface area contributed by atoms with Gasteiger partial charge in [0.05, 0.1) is 0 Å². The third-order valence-corrected chi connectivity index (χ3v) is 7.40. The van der Waals surface area contributed by atoms with Crippen molar-refractivity contribution in [1.82, 2.24) is 0 Å². The van der Waals surface area contributed by atoms with E-state index in [4.69, 9.17) is 11.6 Å². The van der Waals surface area contributed by atoms with Crippen molar-refractivity contribution in [2.75, 3.05) is 0 Å². The Hall–Kier alpha value is -1.00. The molecule has 0 saturated carbocycles. The van der Waals surface area contributed by atoms with Crippen molar-refractivity contribution >= 4 is 46.9 Å². The van der Waals surface area contributed by atoms with Crippen LogP contribution in [0.1, 0.15) is 0 Å². The molecule has 0 spiro atoms. The Morgan fingerprint density at radius 2 is 0.739 bits per heavy atom. The van der Waals surface area contributed by atoms with Crippen LogP contribution >= 0.6 is 46.9 Å². The van der Waals surface area contributed by atoms with Crippen molar-refractivity contribution in [3.05, 3.63) is 91.0 Å². The van der Waals surface area contributed by atoms with E-state index in [1.807, 2.05) is 54.6 Å². The topological polar surface area (TPSA) is 0 Å². The minimum atomic E-state index is -0.565. The molecule has 3 rings (SSSR count). The molecule has 4 heteroatoms. The summed E-state index contributed by atoms with van der Waals surface area (Å²) in [5.41, 5.74) is 0. The fraction of sp³-hybridized carbons (Fsp3) is 0.0526. The minimum Gasteiger partial charge on any atom is -0.0818 e. The number of thioether (sulfide) groups is 3. The fourth-order valence-electron chi connectivity index (χ4n) is 1.95. The summed E-state index contributed by atoms with van der Waals surface area (Å²) in [5.74, 6) is 0. The normalized spacial score (nSPS) is 11.3. The van der Waals surface area contributed by atoms with Crippen molar-refractivity contribution < 1.29 is 0 Å². The Bertz CT molecular complexity index is 616. The van der Waals surface area contributed by atoms with Crippen molar-refractivity contribution in [1.29, 1.82) is 0 Å². The second-order valence-electron chi connectivity index (χ2n) is 4.73. The van der Waals surface area contributed by atoms with Gasteiger partial charge in [-0.3, -0.25) is 0 Å². The fourth-order valence-corrected chi connectivity index (χ4v) is 6.71. The number of benzene rings is 3. The van der Waals surface area contributed by atoms with E-state index >= 15 is 0 Å². The summed E-state index contributed by atoms with van der Waals surface area (Å²) in [6.45, 7) is 0. The molecule has 0 unspecified atom stereocenters. The number of halogens is 1. The van der Waals surface area contributed by atoms with Crippen LogP contribution in [0.25, 0.3) is 0 Å². The molecule has 0 nitrogen and oxygen atoms in total. The molecule has 0 amide bonds. The molecule has 0 aliphatic heterocycles. The lowest BCUT2D eigenvalue weighted by Crippen LogP contribution is -2.05. The average Bonchev–Trinajstić information content (AvgIpc) is 2.57. The summed E-state index contributed by atoms with van der Waals surface area (Å²) in [6.07, 6.45) is 0. The van der Waals surface area contributed by atoms with E-state index in [-0.39, 0.29) is 0 Å². The van der Waals surface area contributed by atoms with E-state index in [0.29, 0.717) is 0 Å². The lowest BCUT2D eigenvalue weighted by molar-refractivity contribution is 1.42. The molecule has 0 aliphatic rings. The van der Waals surface area contributed by atoms with E-state index in [2.05, 4.69) is 36.4 Å². The molecule has 3 aromatic carbocycles. The number of rotatable bonds is 6. The zero-order valence-electron chi connectivity index (χ0n) is 12.3. The van der Waals surface area contributed by atoms with Gasteiger partial charge in [-0.2, -0.15) is 0 Å². The third kappa shape index (κ3) is 5.25. The van der Waals surface area contributed by atoms with Crippen LogP contribution in [-0.4, -0.2) is 2.87 Å². The predicted molar refractivity (Wildman–Crippen MR) is 105 cm³/mol. The second kappa shape index (κ2) is 8.20. The maximum absolute atomic E-state index is 7.03. The van der Waals surface area contributed by atoms with Crippen LogP contribution in [0.4, 0.5) is 0 Å². The van der Waals surface area contributed by atoms with Crippen molar-refractivity contribution in [3.8, 4) is 0 Å². The van der Waals surface area contributed by atoms with Gasteiger partial charge >= 0.3 is 0 Å². The van der Waals surface area contributed by atoms with Gasteiger partial charge < -0.3 is 0 Å². The van der Waals surface area contributed by atoms with Gasteiger partial charge in [0.2, 0.25) is 0 Å². The van der Waals surface area contributed by atoms with Gasteiger partial charge in [-0.15, -0.1) is 0 Å². The van der Waals surface area contributed by atoms with E-state index in [1.165, 1.54) is 0 Å². The van der Waals surface area contributed by atoms with Gasteiger partial charge in [-0.05, 0) is 36.4 Å². The second-order valence-corrected chi connectivity index (χ2v) is 10.6. The molecule has 3 aromatic rings. The highest BCUT2D eigenvalue weighted by atomic mass is 35.5. The van der Waals surface area contributed by atoms with Crippen LogP contribution in [0, 0.1) is 0 Å². The summed E-state index contributed by atoms with van der Waals surface area (Å²) in [6, 6.07) is 30.9. The summed E-state index contributed by atoms with van der Waals surface area (Å²) in [4.78, 5) is 3.48. The summed E-state index contributed by atoms with van der Waals surface area (Å²) in [5, 5.41) is 0. The smallest absolute Gasteiger partial charge is 0.0818 e. The average molecular weight is 375 g/mol. The first-order chi connectivity index (χ1) is 11.2. The molecule has 0 aliphatic carbocycles. The zero-order chi connectivity index (χ0) is 16.0. The summed E-state index contributed by atoms with van der Waals surface area (Å²) in [7, 11) is 0. The Kier molecular flexibility index (Phi) is 6.01. The molecule has 0 bridgehead atoms. The number of alkyl halides is 1. The third-order valence-electron chi connectivity index (χ3n) is 2.95. The highest BCUT2D eigenvalue weighted by Crippen LogP contribution is 2.58. The monoisotopic (exact) mass is 374 g/mol. The molecule has 23 heavy (non-hydrogen) atoms. The van der Waals surface area contributed by atoms with E-state index < -0.39 is 2.87 Å². The quantitative estimate of drug-likeness (QED) is 0.254. The van der Waals surface area contributed by atoms with Crippen LogP contribution in [0.15, 0.2) is 106 Å². The minimum absolute atomic E-state index is 0.565. The Morgan fingerprint density at radius 1 is 0.478 bits per heavy atom. The molecule has 0 atom stereocenters. The van der Waals surface area contributed by atoms with E-state index in [9.17, 15) is 0 Å². The van der Waals surface area contributed by atoms with Gasteiger partial charge in [-0.25, -0.2) is 0 Å². The molecule has 0 radical (unpaired) electrons. The molecule has 0 heterocycles. The van der Waals surface area contributed by atoms with Crippen molar-refractivity contribution in [2.45, 2.75) is 17.6 Å². The SMILES string of the molecule is ClC(Sc1ccccc1)(Sc1ccccc1)Sc1ccccc1. The number of hydrogen-bond donors (Lipinski definition) is 0. The Morgan fingerprint density at radius 3 is 1.00 bits per heavy atom. The van der Waals surface area contributed by atoms with Crippen LogP contribution in [0.3, 0.4) is 0 Å². The van der Waals surface area contributed by atoms with Gasteiger partial charge in [0, 0.05) is 14.7 Å². The van der Waals surface area contributed by atoms with Crippen LogP contribution in [0.5, 0.6) is 0 Å². The highest BCUT2D eigenvalue weighted by molar-refractivity contribution is 8.35. The first-order valence-corrected chi connectivity index (χ1v) is 9.97. The standard InChI is InChI=1S/C19H15ClS3/c20-19(21-16-10-4-1-5-11-16,22-17-12-6-2-7-13-17)23-18-14-8-3-9-15-18/h1-15H. The zero-order valence-corrected chi connectivity index (χ0v) is 15.5. The molecular weight excluding hydrogens is 360 g/mol. The Balaban J connectivity index is 1.85. The first-order valence-electron chi connectivity index (χ1n) is 7.15. The highest BCUT2D eigenvalue weighted by Gasteiger charge is 2.31. The van der Waals surface area contributed by atoms with Crippen LogP contribution in [-0.2, 0) is 0 Å².